The molecule has 184 valence electrons. The van der Waals surface area contributed by atoms with Crippen LogP contribution in [-0.2, 0) is 14.6 Å². The topological polar surface area (TPSA) is 63.6 Å². The molecule has 0 saturated heterocycles. The van der Waals surface area contributed by atoms with Gasteiger partial charge in [0.25, 0.3) is 0 Å². The molecule has 3 saturated carbocycles. The molecule has 4 aliphatic carbocycles. The van der Waals surface area contributed by atoms with Crippen molar-refractivity contribution < 1.29 is 26.7 Å². The van der Waals surface area contributed by atoms with Crippen LogP contribution in [0.3, 0.4) is 0 Å². The molecule has 0 aromatic rings. The average Bonchev–Trinajstić information content (AvgIpc) is 3.14. The molecule has 4 rings (SSSR count). The van der Waals surface area contributed by atoms with Crippen molar-refractivity contribution in [2.24, 2.45) is 46.3 Å². The van der Waals surface area contributed by atoms with E-state index in [1.165, 1.54) is 5.57 Å². The lowest BCUT2D eigenvalue weighted by Gasteiger charge is -2.58. The van der Waals surface area contributed by atoms with Gasteiger partial charge in [-0.25, -0.2) is 4.18 Å². The van der Waals surface area contributed by atoms with Gasteiger partial charge in [0.15, 0.2) is 0 Å². The van der Waals surface area contributed by atoms with E-state index >= 15 is 0 Å². The summed E-state index contributed by atoms with van der Waals surface area (Å²) in [4.78, 5) is 0. The van der Waals surface area contributed by atoms with Crippen LogP contribution in [0.25, 0.3) is 0 Å². The van der Waals surface area contributed by atoms with E-state index in [0.717, 1.165) is 44.9 Å². The molecule has 0 heterocycles. The highest BCUT2D eigenvalue weighted by atomic mass is 32.3. The van der Waals surface area contributed by atoms with Gasteiger partial charge < -0.3 is 0 Å². The van der Waals surface area contributed by atoms with E-state index in [1.54, 1.807) is 0 Å². The van der Waals surface area contributed by atoms with Crippen molar-refractivity contribution in [3.63, 3.8) is 0 Å². The van der Waals surface area contributed by atoms with E-state index in [2.05, 4.69) is 26.8 Å². The maximum absolute atomic E-state index is 11.3. The third-order valence-electron chi connectivity index (χ3n) is 10.2. The number of rotatable bonds is 7. The van der Waals surface area contributed by atoms with Gasteiger partial charge in [-0.3, -0.25) is 4.55 Å². The molecule has 4 aliphatic rings. The summed E-state index contributed by atoms with van der Waals surface area (Å²) in [6.45, 7) is 1.27. The first kappa shape index (κ1) is 17.1. The van der Waals surface area contributed by atoms with Crippen molar-refractivity contribution in [3.8, 4) is 0 Å². The fourth-order valence-electron chi connectivity index (χ4n) is 8.66. The largest absolute Gasteiger partial charge is 0.397 e. The van der Waals surface area contributed by atoms with Crippen LogP contribution in [0.5, 0.6) is 0 Å². The molecule has 0 aromatic carbocycles. The van der Waals surface area contributed by atoms with Gasteiger partial charge in [-0.1, -0.05) is 65.4 Å². The molecule has 4 nitrogen and oxygen atoms in total. The number of fused-ring (bicyclic) bond motifs is 5. The zero-order valence-corrected chi connectivity index (χ0v) is 20.7. The first-order chi connectivity index (χ1) is 17.7. The highest BCUT2D eigenvalue weighted by Crippen LogP contribution is 2.67. The number of hydrogen-bond donors (Lipinski definition) is 1. The molecule has 0 spiro atoms. The van der Waals surface area contributed by atoms with Crippen molar-refractivity contribution in [3.05, 3.63) is 11.6 Å². The standard InChI is InChI=1S/C27H46O4S/c1-18(2)7-6-8-19(3)23-11-12-24-22-10-9-20-17-21(31-32(28,29)30)13-15-26(20,4)25(22)14-16-27(23,24)5/h9,18-19,21-25H,6-8,10-17H2,1-5H3,(H,28,29,30)/t19-,21+,22+,23-,24+,25+,26+,27-/m1/s1/i1D3,2D3,18D. The van der Waals surface area contributed by atoms with E-state index in [9.17, 15) is 8.42 Å². The summed E-state index contributed by atoms with van der Waals surface area (Å²) in [5.41, 5.74) is 1.48. The molecule has 0 radical (unpaired) electrons. The Balaban J connectivity index is 1.43. The van der Waals surface area contributed by atoms with E-state index in [-0.39, 0.29) is 17.3 Å². The van der Waals surface area contributed by atoms with E-state index in [4.69, 9.17) is 18.3 Å². The van der Waals surface area contributed by atoms with Crippen molar-refractivity contribution in [1.29, 1.82) is 0 Å². The lowest BCUT2D eigenvalue weighted by atomic mass is 9.47. The molecule has 0 unspecified atom stereocenters. The molecule has 0 bridgehead atoms. The summed E-state index contributed by atoms with van der Waals surface area (Å²) in [7, 11) is -4.46. The summed E-state index contributed by atoms with van der Waals surface area (Å²) in [6.07, 6.45) is 10.3. The van der Waals surface area contributed by atoms with Gasteiger partial charge in [0.2, 0.25) is 0 Å². The van der Waals surface area contributed by atoms with Crippen LogP contribution in [-0.4, -0.2) is 19.1 Å². The van der Waals surface area contributed by atoms with Gasteiger partial charge in [0, 0.05) is 9.60 Å². The monoisotopic (exact) mass is 473 g/mol. The molecule has 1 N–H and O–H groups in total. The minimum atomic E-state index is -4.46. The molecule has 5 heteroatoms. The molecular formula is C27H46O4S. The summed E-state index contributed by atoms with van der Waals surface area (Å²) in [5, 5.41) is 0. The van der Waals surface area contributed by atoms with Crippen LogP contribution >= 0.6 is 0 Å². The number of hydrogen-bond acceptors (Lipinski definition) is 3. The molecular weight excluding hydrogens is 420 g/mol. The number of allylic oxidation sites excluding steroid dienone is 1. The van der Waals surface area contributed by atoms with E-state index < -0.39 is 36.1 Å². The highest BCUT2D eigenvalue weighted by Gasteiger charge is 2.59. The van der Waals surface area contributed by atoms with E-state index in [0.29, 0.717) is 48.9 Å². The van der Waals surface area contributed by atoms with Gasteiger partial charge in [0.1, 0.15) is 0 Å². The molecule has 8 atom stereocenters. The van der Waals surface area contributed by atoms with Crippen LogP contribution < -0.4 is 0 Å². The second kappa shape index (κ2) is 9.00. The van der Waals surface area contributed by atoms with Gasteiger partial charge in [-0.15, -0.1) is 0 Å². The van der Waals surface area contributed by atoms with E-state index in [1.807, 2.05) is 0 Å². The maximum Gasteiger partial charge on any atom is 0.397 e. The summed E-state index contributed by atoms with van der Waals surface area (Å²) < 4.78 is 91.2. The predicted molar refractivity (Wildman–Crippen MR) is 129 cm³/mol. The Morgan fingerprint density at radius 2 is 1.97 bits per heavy atom. The molecule has 3 fully saturated rings. The first-order valence-electron chi connectivity index (χ1n) is 16.1. The van der Waals surface area contributed by atoms with Crippen molar-refractivity contribution in [2.75, 3.05) is 0 Å². The van der Waals surface area contributed by atoms with Crippen LogP contribution in [0.1, 0.15) is 115 Å². The quantitative estimate of drug-likeness (QED) is 0.313. The Morgan fingerprint density at radius 1 is 1.19 bits per heavy atom. The average molecular weight is 474 g/mol. The van der Waals surface area contributed by atoms with Crippen LogP contribution in [0, 0.1) is 46.3 Å². The third-order valence-corrected chi connectivity index (χ3v) is 10.7. The highest BCUT2D eigenvalue weighted by molar-refractivity contribution is 7.80. The molecule has 0 aliphatic heterocycles. The Bertz CT molecular complexity index is 1040. The van der Waals surface area contributed by atoms with Gasteiger partial charge >= 0.3 is 10.4 Å². The summed E-state index contributed by atoms with van der Waals surface area (Å²) in [6, 6.07) is 0. The van der Waals surface area contributed by atoms with Crippen molar-refractivity contribution >= 4 is 10.4 Å². The van der Waals surface area contributed by atoms with Crippen molar-refractivity contribution in [1.82, 2.24) is 0 Å². The van der Waals surface area contributed by atoms with Crippen LogP contribution in [0.4, 0.5) is 0 Å². The van der Waals surface area contributed by atoms with Gasteiger partial charge in [0.05, 0.1) is 6.10 Å². The maximum atomic E-state index is 11.3. The SMILES string of the molecule is [2H]C([2H])([2H])C([2H])(CCC[C@@H](C)[C@H]1CC[C@H]2[C@@H]3CC=C4C[C@@H](OS(=O)(=O)O)CC[C@]4(C)[C@H]3CC[C@]12C)C([2H])([2H])[2H]. The zero-order valence-electron chi connectivity index (χ0n) is 26.9. The normalized spacial score (nSPS) is 47.1. The minimum Gasteiger partial charge on any atom is -0.264 e. The Hall–Kier alpha value is -0.390. The Labute approximate surface area is 206 Å². The smallest absolute Gasteiger partial charge is 0.264 e. The zero-order chi connectivity index (χ0) is 29.2. The van der Waals surface area contributed by atoms with Gasteiger partial charge in [-0.05, 0) is 97.7 Å². The lowest BCUT2D eigenvalue weighted by molar-refractivity contribution is -0.0560. The minimum absolute atomic E-state index is 0.0229. The Morgan fingerprint density at radius 3 is 2.69 bits per heavy atom. The third kappa shape index (κ3) is 4.60. The summed E-state index contributed by atoms with van der Waals surface area (Å²) >= 11 is 0. The predicted octanol–water partition coefficient (Wildman–Crippen LogP) is 7.22. The molecule has 0 aromatic heterocycles. The first-order valence-corrected chi connectivity index (χ1v) is 13.9. The second-order valence-corrected chi connectivity index (χ2v) is 12.8. The van der Waals surface area contributed by atoms with Gasteiger partial charge in [-0.2, -0.15) is 8.42 Å². The second-order valence-electron chi connectivity index (χ2n) is 11.7. The lowest BCUT2D eigenvalue weighted by Crippen LogP contribution is -2.51. The Kier molecular flexibility index (Phi) is 4.81. The van der Waals surface area contributed by atoms with Crippen LogP contribution in [0.15, 0.2) is 11.6 Å². The molecule has 32 heavy (non-hydrogen) atoms. The van der Waals surface area contributed by atoms with Crippen LogP contribution in [0.2, 0.25) is 0 Å². The fourth-order valence-corrected chi connectivity index (χ4v) is 9.17. The fraction of sp³-hybridized carbons (Fsp3) is 0.926. The summed E-state index contributed by atoms with van der Waals surface area (Å²) in [5.74, 6) is 0.0746. The van der Waals surface area contributed by atoms with Crippen molar-refractivity contribution in [2.45, 2.75) is 111 Å². The molecule has 0 amide bonds.